The molecule has 2 aromatic rings. The molecule has 0 aliphatic rings. The van der Waals surface area contributed by atoms with Crippen LogP contribution in [0.2, 0.25) is 0 Å². The predicted molar refractivity (Wildman–Crippen MR) is 74.9 cm³/mol. The van der Waals surface area contributed by atoms with Gasteiger partial charge in [-0.3, -0.25) is 0 Å². The molecule has 2 aromatic carbocycles. The summed E-state index contributed by atoms with van der Waals surface area (Å²) >= 11 is 0. The highest BCUT2D eigenvalue weighted by atomic mass is 19.1. The van der Waals surface area contributed by atoms with Crippen molar-refractivity contribution in [1.29, 1.82) is 5.26 Å². The molecule has 0 aromatic heterocycles. The molecule has 0 heterocycles. The van der Waals surface area contributed by atoms with Crippen molar-refractivity contribution in [3.05, 3.63) is 59.4 Å². The fraction of sp³-hybridized carbons (Fsp3) is 0.0667. The molecular weight excluding hydrogens is 257 g/mol. The first-order chi connectivity index (χ1) is 9.58. The minimum absolute atomic E-state index is 0.367. The van der Waals surface area contributed by atoms with Gasteiger partial charge in [0.05, 0.1) is 11.6 Å². The molecule has 0 aliphatic heterocycles. The van der Waals surface area contributed by atoms with Gasteiger partial charge in [-0.05, 0) is 48.9 Å². The number of hydrogen-bond donors (Lipinski definition) is 2. The Balaban J connectivity index is 2.08. The molecule has 2 rings (SSSR count). The molecule has 0 saturated heterocycles. The van der Waals surface area contributed by atoms with E-state index < -0.39 is 6.03 Å². The van der Waals surface area contributed by atoms with Crippen LogP contribution in [0.25, 0.3) is 0 Å². The summed E-state index contributed by atoms with van der Waals surface area (Å²) < 4.78 is 12.7. The molecule has 0 unspecified atom stereocenters. The van der Waals surface area contributed by atoms with Gasteiger partial charge in [0.1, 0.15) is 5.82 Å². The normalized spacial score (nSPS) is 9.65. The van der Waals surface area contributed by atoms with E-state index in [1.165, 1.54) is 24.3 Å². The van der Waals surface area contributed by atoms with Crippen LogP contribution in [0.4, 0.5) is 20.6 Å². The van der Waals surface area contributed by atoms with Gasteiger partial charge in [0.25, 0.3) is 0 Å². The number of amides is 2. The molecule has 2 N–H and O–H groups in total. The Morgan fingerprint density at radius 1 is 1.15 bits per heavy atom. The molecule has 0 atom stereocenters. The Bertz CT molecular complexity index is 675. The second-order valence-electron chi connectivity index (χ2n) is 4.23. The summed E-state index contributed by atoms with van der Waals surface area (Å²) in [5.74, 6) is -0.367. The molecule has 0 radical (unpaired) electrons. The zero-order valence-corrected chi connectivity index (χ0v) is 10.8. The van der Waals surface area contributed by atoms with E-state index in [4.69, 9.17) is 5.26 Å². The molecule has 0 bridgehead atoms. The molecule has 0 fully saturated rings. The van der Waals surface area contributed by atoms with E-state index >= 15 is 0 Å². The smallest absolute Gasteiger partial charge is 0.308 e. The van der Waals surface area contributed by atoms with Gasteiger partial charge in [-0.15, -0.1) is 0 Å². The zero-order valence-electron chi connectivity index (χ0n) is 10.8. The topological polar surface area (TPSA) is 64.9 Å². The van der Waals surface area contributed by atoms with Crippen molar-refractivity contribution < 1.29 is 9.18 Å². The van der Waals surface area contributed by atoms with Crippen LogP contribution in [0.15, 0.2) is 42.5 Å². The van der Waals surface area contributed by atoms with Gasteiger partial charge in [-0.2, -0.15) is 5.26 Å². The summed E-state index contributed by atoms with van der Waals surface area (Å²) in [5, 5.41) is 14.1. The molecule has 100 valence electrons. The number of nitrogens with one attached hydrogen (secondary N) is 2. The van der Waals surface area contributed by atoms with Crippen molar-refractivity contribution >= 4 is 17.4 Å². The maximum atomic E-state index is 12.7. The fourth-order valence-corrected chi connectivity index (χ4v) is 1.64. The molecule has 2 amide bonds. The van der Waals surface area contributed by atoms with Crippen LogP contribution >= 0.6 is 0 Å². The zero-order chi connectivity index (χ0) is 14.5. The van der Waals surface area contributed by atoms with Gasteiger partial charge in [-0.1, -0.05) is 6.07 Å². The number of nitrogens with zero attached hydrogens (tertiary/aromatic N) is 1. The lowest BCUT2D eigenvalue weighted by Crippen LogP contribution is -2.20. The average molecular weight is 269 g/mol. The number of urea groups is 1. The number of benzene rings is 2. The fourth-order valence-electron chi connectivity index (χ4n) is 1.64. The van der Waals surface area contributed by atoms with Crippen molar-refractivity contribution in [3.63, 3.8) is 0 Å². The van der Waals surface area contributed by atoms with Gasteiger partial charge < -0.3 is 10.6 Å². The summed E-state index contributed by atoms with van der Waals surface area (Å²) in [6.45, 7) is 1.83. The number of hydrogen-bond acceptors (Lipinski definition) is 2. The third-order valence-corrected chi connectivity index (χ3v) is 2.72. The monoisotopic (exact) mass is 269 g/mol. The van der Waals surface area contributed by atoms with Crippen LogP contribution in [-0.4, -0.2) is 6.03 Å². The van der Waals surface area contributed by atoms with Crippen LogP contribution in [-0.2, 0) is 0 Å². The van der Waals surface area contributed by atoms with Crippen molar-refractivity contribution in [2.24, 2.45) is 0 Å². The van der Waals surface area contributed by atoms with Crippen LogP contribution in [0.1, 0.15) is 11.1 Å². The predicted octanol–water partition coefficient (Wildman–Crippen LogP) is 3.65. The number of carbonyl (C=O) groups is 1. The number of aryl methyl sites for hydroxylation is 1. The van der Waals surface area contributed by atoms with E-state index in [1.807, 2.05) is 13.0 Å². The molecule has 5 heteroatoms. The first kappa shape index (κ1) is 13.6. The van der Waals surface area contributed by atoms with E-state index in [-0.39, 0.29) is 5.82 Å². The maximum Gasteiger partial charge on any atom is 0.323 e. The number of nitriles is 1. The Morgan fingerprint density at radius 3 is 2.50 bits per heavy atom. The average Bonchev–Trinajstić information content (AvgIpc) is 2.44. The summed E-state index contributed by atoms with van der Waals surface area (Å²) in [7, 11) is 0. The van der Waals surface area contributed by atoms with Crippen LogP contribution in [0.3, 0.4) is 0 Å². The Kier molecular flexibility index (Phi) is 3.96. The van der Waals surface area contributed by atoms with Gasteiger partial charge in [0, 0.05) is 11.4 Å². The number of halogens is 1. The number of carbonyl (C=O) groups excluding carboxylic acids is 1. The van der Waals surface area contributed by atoms with Crippen molar-refractivity contribution in [1.82, 2.24) is 0 Å². The van der Waals surface area contributed by atoms with E-state index in [0.717, 1.165) is 5.56 Å². The Morgan fingerprint density at radius 2 is 1.85 bits per heavy atom. The molecule has 0 saturated carbocycles. The minimum Gasteiger partial charge on any atom is -0.308 e. The largest absolute Gasteiger partial charge is 0.323 e. The Hall–Kier alpha value is -2.87. The summed E-state index contributed by atoms with van der Waals surface area (Å²) in [4.78, 5) is 11.8. The highest BCUT2D eigenvalue weighted by molar-refractivity contribution is 6.00. The molecule has 4 nitrogen and oxygen atoms in total. The van der Waals surface area contributed by atoms with E-state index in [1.54, 1.807) is 18.2 Å². The number of anilines is 2. The van der Waals surface area contributed by atoms with Crippen LogP contribution in [0, 0.1) is 24.1 Å². The van der Waals surface area contributed by atoms with E-state index in [0.29, 0.717) is 16.9 Å². The summed E-state index contributed by atoms with van der Waals surface area (Å²) in [5.41, 5.74) is 2.35. The third-order valence-electron chi connectivity index (χ3n) is 2.72. The Labute approximate surface area is 115 Å². The van der Waals surface area contributed by atoms with Gasteiger partial charge in [-0.25, -0.2) is 9.18 Å². The molecule has 20 heavy (non-hydrogen) atoms. The summed E-state index contributed by atoms with van der Waals surface area (Å²) in [6.07, 6.45) is 0. The van der Waals surface area contributed by atoms with Crippen molar-refractivity contribution in [2.45, 2.75) is 6.92 Å². The van der Waals surface area contributed by atoms with E-state index in [9.17, 15) is 9.18 Å². The first-order valence-electron chi connectivity index (χ1n) is 5.93. The maximum absolute atomic E-state index is 12.7. The highest BCUT2D eigenvalue weighted by Gasteiger charge is 2.06. The lowest BCUT2D eigenvalue weighted by Gasteiger charge is -2.10. The lowest BCUT2D eigenvalue weighted by molar-refractivity contribution is 0.262. The van der Waals surface area contributed by atoms with Crippen molar-refractivity contribution in [2.75, 3.05) is 10.6 Å². The van der Waals surface area contributed by atoms with Gasteiger partial charge in [0.2, 0.25) is 0 Å². The quantitative estimate of drug-likeness (QED) is 0.874. The second-order valence-corrected chi connectivity index (χ2v) is 4.23. The lowest BCUT2D eigenvalue weighted by atomic mass is 10.1. The highest BCUT2D eigenvalue weighted by Crippen LogP contribution is 2.17. The van der Waals surface area contributed by atoms with Gasteiger partial charge >= 0.3 is 6.03 Å². The molecular formula is C15H12FN3O. The minimum atomic E-state index is -0.449. The second kappa shape index (κ2) is 5.85. The van der Waals surface area contributed by atoms with Gasteiger partial charge in [0.15, 0.2) is 0 Å². The summed E-state index contributed by atoms with van der Waals surface area (Å²) in [6, 6.07) is 12.0. The third kappa shape index (κ3) is 3.33. The standard InChI is InChI=1S/C15H12FN3O/c1-10-2-3-11(9-17)8-14(10)19-15(20)18-13-6-4-12(16)5-7-13/h2-8H,1H3,(H2,18,19,20). The van der Waals surface area contributed by atoms with Crippen LogP contribution in [0.5, 0.6) is 0 Å². The number of rotatable bonds is 2. The van der Waals surface area contributed by atoms with Crippen LogP contribution < -0.4 is 10.6 Å². The van der Waals surface area contributed by atoms with E-state index in [2.05, 4.69) is 10.6 Å². The van der Waals surface area contributed by atoms with Crippen molar-refractivity contribution in [3.8, 4) is 6.07 Å². The SMILES string of the molecule is Cc1ccc(C#N)cc1NC(=O)Nc1ccc(F)cc1. The first-order valence-corrected chi connectivity index (χ1v) is 5.93. The molecule has 0 spiro atoms. The molecule has 0 aliphatic carbocycles.